The summed E-state index contributed by atoms with van der Waals surface area (Å²) in [5.41, 5.74) is 2.58. The second kappa shape index (κ2) is 6.95. The fraction of sp³-hybridized carbons (Fsp3) is 0.263. The minimum Gasteiger partial charge on any atom is -0.354 e. The summed E-state index contributed by atoms with van der Waals surface area (Å²) in [4.78, 5) is 26.6. The molecule has 0 radical (unpaired) electrons. The van der Waals surface area contributed by atoms with E-state index in [1.165, 1.54) is 0 Å². The van der Waals surface area contributed by atoms with E-state index in [1.807, 2.05) is 54.6 Å². The number of nitrogens with one attached hydrogen (secondary N) is 1. The molecule has 2 heterocycles. The van der Waals surface area contributed by atoms with E-state index >= 15 is 0 Å². The number of carbonyl (C=O) groups excluding carboxylic acids is 2. The molecule has 0 bridgehead atoms. The smallest absolute Gasteiger partial charge is 0.239 e. The van der Waals surface area contributed by atoms with Crippen LogP contribution in [0.15, 0.2) is 54.6 Å². The third kappa shape index (κ3) is 3.03. The number of aromatic nitrogens is 3. The molecule has 1 N–H and O–H groups in total. The van der Waals surface area contributed by atoms with Crippen molar-refractivity contribution in [3.05, 3.63) is 54.6 Å². The first-order valence-corrected chi connectivity index (χ1v) is 8.66. The van der Waals surface area contributed by atoms with Gasteiger partial charge >= 0.3 is 0 Å². The third-order valence-electron chi connectivity index (χ3n) is 4.63. The van der Waals surface area contributed by atoms with Gasteiger partial charge in [-0.2, -0.15) is 0 Å². The van der Waals surface area contributed by atoms with Gasteiger partial charge in [0.2, 0.25) is 11.8 Å². The van der Waals surface area contributed by atoms with Crippen LogP contribution in [0.25, 0.3) is 11.0 Å². The lowest BCUT2D eigenvalue weighted by Crippen LogP contribution is -2.38. The van der Waals surface area contributed by atoms with Gasteiger partial charge in [0, 0.05) is 18.8 Å². The fourth-order valence-corrected chi connectivity index (χ4v) is 3.28. The van der Waals surface area contributed by atoms with Crippen LogP contribution in [0, 0.1) is 5.92 Å². The summed E-state index contributed by atoms with van der Waals surface area (Å²) in [6, 6.07) is 17.1. The molecule has 3 aromatic rings. The molecule has 1 atom stereocenters. The Hall–Kier alpha value is -3.22. The molecule has 1 saturated heterocycles. The molecule has 1 aromatic heterocycles. The van der Waals surface area contributed by atoms with Crippen molar-refractivity contribution in [3.8, 4) is 0 Å². The molecule has 0 unspecified atom stereocenters. The lowest BCUT2D eigenvalue weighted by Gasteiger charge is -2.16. The molecule has 26 heavy (non-hydrogen) atoms. The zero-order valence-electron chi connectivity index (χ0n) is 14.2. The summed E-state index contributed by atoms with van der Waals surface area (Å²) >= 11 is 0. The maximum atomic E-state index is 12.6. The number of amides is 2. The standard InChI is InChI=1S/C19H19N5O2/c25-18(15-10-12-23(19(15)26)14-6-2-1-3-7-14)20-11-13-24-17-9-5-4-8-16(17)21-22-24/h1-9,15H,10-13H2,(H,20,25)/t15-/m1/s1. The number of rotatable bonds is 5. The van der Waals surface area contributed by atoms with Crippen molar-refractivity contribution in [1.82, 2.24) is 20.3 Å². The highest BCUT2D eigenvalue weighted by atomic mass is 16.2. The normalized spacial score (nSPS) is 17.0. The van der Waals surface area contributed by atoms with Crippen molar-refractivity contribution in [3.63, 3.8) is 0 Å². The van der Waals surface area contributed by atoms with Crippen LogP contribution in [-0.2, 0) is 16.1 Å². The predicted octanol–water partition coefficient (Wildman–Crippen LogP) is 1.60. The number of benzene rings is 2. The van der Waals surface area contributed by atoms with Gasteiger partial charge < -0.3 is 10.2 Å². The van der Waals surface area contributed by atoms with Gasteiger partial charge in [0.25, 0.3) is 0 Å². The quantitative estimate of drug-likeness (QED) is 0.710. The van der Waals surface area contributed by atoms with Gasteiger partial charge in [-0.05, 0) is 30.7 Å². The van der Waals surface area contributed by atoms with E-state index < -0.39 is 5.92 Å². The van der Waals surface area contributed by atoms with E-state index in [4.69, 9.17) is 0 Å². The molecule has 7 nitrogen and oxygen atoms in total. The zero-order chi connectivity index (χ0) is 17.9. The van der Waals surface area contributed by atoms with Gasteiger partial charge in [-0.1, -0.05) is 35.5 Å². The Morgan fingerprint density at radius 2 is 1.88 bits per heavy atom. The van der Waals surface area contributed by atoms with Crippen LogP contribution >= 0.6 is 0 Å². The predicted molar refractivity (Wildman–Crippen MR) is 97.4 cm³/mol. The summed E-state index contributed by atoms with van der Waals surface area (Å²) in [7, 11) is 0. The average molecular weight is 349 g/mol. The van der Waals surface area contributed by atoms with Crippen LogP contribution in [0.2, 0.25) is 0 Å². The lowest BCUT2D eigenvalue weighted by atomic mass is 10.1. The zero-order valence-corrected chi connectivity index (χ0v) is 14.2. The van der Waals surface area contributed by atoms with Crippen LogP contribution in [0.4, 0.5) is 5.69 Å². The Bertz CT molecular complexity index is 937. The summed E-state index contributed by atoms with van der Waals surface area (Å²) < 4.78 is 1.75. The number of nitrogens with zero attached hydrogens (tertiary/aromatic N) is 4. The molecule has 132 valence electrons. The molecular formula is C19H19N5O2. The molecular weight excluding hydrogens is 330 g/mol. The monoisotopic (exact) mass is 349 g/mol. The molecule has 4 rings (SSSR count). The Morgan fingerprint density at radius 3 is 2.73 bits per heavy atom. The number of fused-ring (bicyclic) bond motifs is 1. The summed E-state index contributed by atoms with van der Waals surface area (Å²) in [5.74, 6) is -0.986. The number of hydrogen-bond donors (Lipinski definition) is 1. The Balaban J connectivity index is 1.35. The highest BCUT2D eigenvalue weighted by Crippen LogP contribution is 2.25. The minimum atomic E-state index is -0.623. The van der Waals surface area contributed by atoms with Crippen LogP contribution in [0.1, 0.15) is 6.42 Å². The van der Waals surface area contributed by atoms with E-state index in [9.17, 15) is 9.59 Å². The first-order chi connectivity index (χ1) is 12.7. The fourth-order valence-electron chi connectivity index (χ4n) is 3.28. The van der Waals surface area contributed by atoms with E-state index in [2.05, 4.69) is 15.6 Å². The van der Waals surface area contributed by atoms with Crippen molar-refractivity contribution in [2.24, 2.45) is 5.92 Å². The first kappa shape index (κ1) is 16.3. The molecule has 0 saturated carbocycles. The second-order valence-corrected chi connectivity index (χ2v) is 6.26. The van der Waals surface area contributed by atoms with Gasteiger partial charge in [-0.25, -0.2) is 4.68 Å². The molecule has 2 amide bonds. The highest BCUT2D eigenvalue weighted by Gasteiger charge is 2.37. The van der Waals surface area contributed by atoms with Crippen molar-refractivity contribution in [2.45, 2.75) is 13.0 Å². The van der Waals surface area contributed by atoms with E-state index in [0.717, 1.165) is 16.7 Å². The topological polar surface area (TPSA) is 80.1 Å². The molecule has 0 aliphatic carbocycles. The molecule has 0 spiro atoms. The number of hydrogen-bond acceptors (Lipinski definition) is 4. The van der Waals surface area contributed by atoms with Gasteiger partial charge in [-0.3, -0.25) is 9.59 Å². The molecule has 7 heteroatoms. The molecule has 1 aliphatic heterocycles. The summed E-state index contributed by atoms with van der Waals surface area (Å²) in [5, 5.41) is 11.0. The third-order valence-corrected chi connectivity index (χ3v) is 4.63. The largest absolute Gasteiger partial charge is 0.354 e. The first-order valence-electron chi connectivity index (χ1n) is 8.66. The Kier molecular flexibility index (Phi) is 4.35. The van der Waals surface area contributed by atoms with Crippen LogP contribution in [0.3, 0.4) is 0 Å². The van der Waals surface area contributed by atoms with Crippen molar-refractivity contribution in [1.29, 1.82) is 0 Å². The van der Waals surface area contributed by atoms with E-state index in [1.54, 1.807) is 9.58 Å². The maximum absolute atomic E-state index is 12.6. The van der Waals surface area contributed by atoms with E-state index in [-0.39, 0.29) is 11.8 Å². The van der Waals surface area contributed by atoms with Gasteiger partial charge in [0.15, 0.2) is 0 Å². The Labute approximate surface area is 150 Å². The Morgan fingerprint density at radius 1 is 1.12 bits per heavy atom. The van der Waals surface area contributed by atoms with Gasteiger partial charge in [0.05, 0.1) is 12.1 Å². The van der Waals surface area contributed by atoms with Crippen molar-refractivity contribution < 1.29 is 9.59 Å². The molecule has 2 aromatic carbocycles. The SMILES string of the molecule is O=C(NCCn1nnc2ccccc21)[C@H]1CCN(c2ccccc2)C1=O. The minimum absolute atomic E-state index is 0.139. The number of carbonyl (C=O) groups is 2. The van der Waals surface area contributed by atoms with Crippen LogP contribution in [0.5, 0.6) is 0 Å². The number of anilines is 1. The molecule has 1 fully saturated rings. The lowest BCUT2D eigenvalue weighted by molar-refractivity contribution is -0.132. The second-order valence-electron chi connectivity index (χ2n) is 6.26. The van der Waals surface area contributed by atoms with Crippen molar-refractivity contribution >= 4 is 28.5 Å². The molecule has 1 aliphatic rings. The van der Waals surface area contributed by atoms with Crippen LogP contribution < -0.4 is 10.2 Å². The van der Waals surface area contributed by atoms with E-state index in [0.29, 0.717) is 26.1 Å². The average Bonchev–Trinajstić information content (AvgIpc) is 3.26. The van der Waals surface area contributed by atoms with Gasteiger partial charge in [0.1, 0.15) is 11.4 Å². The summed E-state index contributed by atoms with van der Waals surface area (Å²) in [6.07, 6.45) is 0.534. The van der Waals surface area contributed by atoms with Crippen LogP contribution in [-0.4, -0.2) is 39.9 Å². The number of para-hydroxylation sites is 2. The highest BCUT2D eigenvalue weighted by molar-refractivity contribution is 6.09. The maximum Gasteiger partial charge on any atom is 0.239 e. The van der Waals surface area contributed by atoms with Gasteiger partial charge in [-0.15, -0.1) is 5.10 Å². The van der Waals surface area contributed by atoms with Crippen molar-refractivity contribution in [2.75, 3.05) is 18.0 Å². The summed E-state index contributed by atoms with van der Waals surface area (Å²) in [6.45, 7) is 1.48.